The van der Waals surface area contributed by atoms with Crippen molar-refractivity contribution in [3.8, 4) is 0 Å². The summed E-state index contributed by atoms with van der Waals surface area (Å²) in [5, 5.41) is 0.809. The van der Waals surface area contributed by atoms with Gasteiger partial charge in [0.1, 0.15) is 0 Å². The Balaban J connectivity index is 1.75. The molecule has 0 bridgehead atoms. The number of hydrogen-bond acceptors (Lipinski definition) is 2. The lowest BCUT2D eigenvalue weighted by atomic mass is 9.76. The zero-order chi connectivity index (χ0) is 16.1. The Kier molecular flexibility index (Phi) is 6.19. The normalized spacial score (nSPS) is 25.8. The monoisotopic (exact) mass is 332 g/mol. The van der Waals surface area contributed by atoms with Gasteiger partial charge in [-0.25, -0.2) is 0 Å². The van der Waals surface area contributed by atoms with Crippen LogP contribution in [0.4, 0.5) is 0 Å². The highest BCUT2D eigenvalue weighted by molar-refractivity contribution is 6.31. The van der Waals surface area contributed by atoms with Crippen molar-refractivity contribution in [3.05, 3.63) is 40.6 Å². The first kappa shape index (κ1) is 17.0. The molecule has 2 nitrogen and oxygen atoms in total. The average molecular weight is 333 g/mol. The van der Waals surface area contributed by atoms with Gasteiger partial charge in [0.25, 0.3) is 0 Å². The molecule has 1 saturated carbocycles. The minimum absolute atomic E-state index is 0.608. The number of nitrogens with zero attached hydrogens (tertiary/aromatic N) is 2. The van der Waals surface area contributed by atoms with E-state index in [0.29, 0.717) is 5.92 Å². The molecule has 1 atom stereocenters. The molecule has 3 heteroatoms. The summed E-state index contributed by atoms with van der Waals surface area (Å²) in [5.41, 5.74) is 4.55. The molecular formula is C20H29ClN2. The van der Waals surface area contributed by atoms with Crippen molar-refractivity contribution in [3.63, 3.8) is 0 Å². The van der Waals surface area contributed by atoms with E-state index < -0.39 is 0 Å². The van der Waals surface area contributed by atoms with Gasteiger partial charge in [-0.05, 0) is 55.5 Å². The van der Waals surface area contributed by atoms with Crippen LogP contribution in [0.3, 0.4) is 0 Å². The third-order valence-corrected chi connectivity index (χ3v) is 5.81. The molecule has 1 unspecified atom stereocenters. The molecule has 126 valence electrons. The molecule has 0 aromatic rings. The predicted molar refractivity (Wildman–Crippen MR) is 98.7 cm³/mol. The highest BCUT2D eigenvalue weighted by atomic mass is 35.5. The summed E-state index contributed by atoms with van der Waals surface area (Å²) in [6, 6.07) is 0. The van der Waals surface area contributed by atoms with Crippen LogP contribution in [-0.4, -0.2) is 49.6 Å². The molecule has 0 spiro atoms. The lowest BCUT2D eigenvalue weighted by molar-refractivity contribution is 0.122. The Bertz CT molecular complexity index is 514. The van der Waals surface area contributed by atoms with Crippen molar-refractivity contribution in [2.45, 2.75) is 32.1 Å². The van der Waals surface area contributed by atoms with Crippen molar-refractivity contribution in [1.29, 1.82) is 0 Å². The maximum Gasteiger partial charge on any atom is 0.0485 e. The Hall–Kier alpha value is -0.790. The second-order valence-corrected chi connectivity index (χ2v) is 7.72. The molecule has 2 aliphatic carbocycles. The van der Waals surface area contributed by atoms with E-state index in [4.69, 9.17) is 11.6 Å². The van der Waals surface area contributed by atoms with Crippen LogP contribution < -0.4 is 0 Å². The molecule has 23 heavy (non-hydrogen) atoms. The van der Waals surface area contributed by atoms with Gasteiger partial charge >= 0.3 is 0 Å². The molecule has 1 aliphatic heterocycles. The van der Waals surface area contributed by atoms with Gasteiger partial charge in [-0.3, -0.25) is 0 Å². The predicted octanol–water partition coefficient (Wildman–Crippen LogP) is 4.20. The first-order valence-corrected chi connectivity index (χ1v) is 9.51. The van der Waals surface area contributed by atoms with Gasteiger partial charge in [-0.2, -0.15) is 0 Å². The van der Waals surface area contributed by atoms with Crippen LogP contribution in [0.25, 0.3) is 0 Å². The van der Waals surface area contributed by atoms with Gasteiger partial charge in [0.05, 0.1) is 0 Å². The van der Waals surface area contributed by atoms with Crippen molar-refractivity contribution >= 4 is 11.6 Å². The van der Waals surface area contributed by atoms with Crippen molar-refractivity contribution in [1.82, 2.24) is 9.80 Å². The number of likely N-dealkylation sites (N-methyl/N-ethyl adjacent to an activating group) is 1. The van der Waals surface area contributed by atoms with E-state index in [-0.39, 0.29) is 0 Å². The van der Waals surface area contributed by atoms with E-state index >= 15 is 0 Å². The lowest BCUT2D eigenvalue weighted by Crippen LogP contribution is -2.47. The molecule has 3 aliphatic rings. The fraction of sp³-hybridized carbons (Fsp3) is 0.650. The van der Waals surface area contributed by atoms with Crippen molar-refractivity contribution in [2.75, 3.05) is 39.8 Å². The molecule has 0 N–H and O–H groups in total. The van der Waals surface area contributed by atoms with Crippen LogP contribution in [0.5, 0.6) is 0 Å². The van der Waals surface area contributed by atoms with Gasteiger partial charge in [0, 0.05) is 37.8 Å². The van der Waals surface area contributed by atoms with Crippen molar-refractivity contribution in [2.24, 2.45) is 11.8 Å². The van der Waals surface area contributed by atoms with Crippen LogP contribution in [-0.2, 0) is 0 Å². The average Bonchev–Trinajstić information content (AvgIpc) is 2.79. The Labute approximate surface area is 146 Å². The number of piperazine rings is 1. The van der Waals surface area contributed by atoms with E-state index in [9.17, 15) is 0 Å². The summed E-state index contributed by atoms with van der Waals surface area (Å²) in [6.07, 6.45) is 15.3. The summed E-state index contributed by atoms with van der Waals surface area (Å²) in [7, 11) is 2.22. The van der Waals surface area contributed by atoms with Crippen LogP contribution in [0.2, 0.25) is 0 Å². The molecule has 1 saturated heterocycles. The van der Waals surface area contributed by atoms with Gasteiger partial charge in [0.2, 0.25) is 0 Å². The van der Waals surface area contributed by atoms with Crippen LogP contribution in [0.1, 0.15) is 32.1 Å². The standard InChI is InChI=1S/C20H29ClN2/c1-22-11-13-23(14-12-22)16-20(17-7-3-2-4-8-17)18-9-5-6-10-19(21)15-18/h5,9-10,15,17,20H,2-4,7-8,11-14,16H2,1H3. The first-order valence-electron chi connectivity index (χ1n) is 9.13. The molecule has 0 amide bonds. The zero-order valence-electron chi connectivity index (χ0n) is 14.3. The molecule has 0 radical (unpaired) electrons. The maximum atomic E-state index is 6.32. The Morgan fingerprint density at radius 2 is 1.91 bits per heavy atom. The van der Waals surface area contributed by atoms with E-state index in [0.717, 1.165) is 11.0 Å². The molecule has 2 fully saturated rings. The van der Waals surface area contributed by atoms with Crippen molar-refractivity contribution < 1.29 is 0 Å². The third-order valence-electron chi connectivity index (χ3n) is 5.60. The summed E-state index contributed by atoms with van der Waals surface area (Å²) in [4.78, 5) is 5.09. The third kappa shape index (κ3) is 4.84. The molecular weight excluding hydrogens is 304 g/mol. The second-order valence-electron chi connectivity index (χ2n) is 7.28. The summed E-state index contributed by atoms with van der Waals surface area (Å²) >= 11 is 6.32. The molecule has 1 heterocycles. The number of rotatable bonds is 4. The van der Waals surface area contributed by atoms with E-state index in [1.165, 1.54) is 70.4 Å². The topological polar surface area (TPSA) is 6.48 Å². The lowest BCUT2D eigenvalue weighted by Gasteiger charge is -2.38. The number of allylic oxidation sites excluding steroid dienone is 4. The number of halogens is 1. The highest BCUT2D eigenvalue weighted by Gasteiger charge is 2.28. The summed E-state index contributed by atoms with van der Waals surface area (Å²) in [5.74, 6) is 1.42. The van der Waals surface area contributed by atoms with Gasteiger partial charge in [-0.1, -0.05) is 36.9 Å². The molecule has 0 aromatic carbocycles. The Morgan fingerprint density at radius 1 is 1.17 bits per heavy atom. The maximum absolute atomic E-state index is 6.32. The molecule has 0 aromatic heterocycles. The zero-order valence-corrected chi connectivity index (χ0v) is 15.1. The van der Waals surface area contributed by atoms with Gasteiger partial charge in [-0.15, -0.1) is 5.73 Å². The first-order chi connectivity index (χ1) is 11.2. The fourth-order valence-electron chi connectivity index (χ4n) is 4.12. The fourth-order valence-corrected chi connectivity index (χ4v) is 4.31. The minimum atomic E-state index is 0.608. The molecule has 3 rings (SSSR count). The van der Waals surface area contributed by atoms with E-state index in [1.807, 2.05) is 12.2 Å². The smallest absolute Gasteiger partial charge is 0.0485 e. The van der Waals surface area contributed by atoms with Crippen LogP contribution in [0.15, 0.2) is 40.6 Å². The minimum Gasteiger partial charge on any atom is -0.304 e. The summed E-state index contributed by atoms with van der Waals surface area (Å²) < 4.78 is 0. The second kappa shape index (κ2) is 8.35. The quantitative estimate of drug-likeness (QED) is 0.712. The van der Waals surface area contributed by atoms with Crippen LogP contribution >= 0.6 is 11.6 Å². The SMILES string of the molecule is CN1CCN(CC(C2=CC=C=CC(Cl)=C2)C2CCCCC2)CC1. The highest BCUT2D eigenvalue weighted by Crippen LogP contribution is 2.36. The van der Waals surface area contributed by atoms with Gasteiger partial charge < -0.3 is 9.80 Å². The largest absolute Gasteiger partial charge is 0.304 e. The van der Waals surface area contributed by atoms with E-state index in [2.05, 4.69) is 34.7 Å². The number of hydrogen-bond donors (Lipinski definition) is 0. The Morgan fingerprint density at radius 3 is 2.65 bits per heavy atom. The van der Waals surface area contributed by atoms with E-state index in [1.54, 1.807) is 0 Å². The van der Waals surface area contributed by atoms with Gasteiger partial charge in [0.15, 0.2) is 0 Å². The summed E-state index contributed by atoms with van der Waals surface area (Å²) in [6.45, 7) is 5.94. The van der Waals surface area contributed by atoms with Crippen LogP contribution in [0, 0.1) is 11.8 Å².